The van der Waals surface area contributed by atoms with E-state index < -0.39 is 0 Å². The highest BCUT2D eigenvalue weighted by Crippen LogP contribution is 2.24. The normalized spacial score (nSPS) is 13.5. The zero-order chi connectivity index (χ0) is 17.1. The molecule has 0 spiro atoms. The van der Waals surface area contributed by atoms with Crippen molar-refractivity contribution in [1.29, 1.82) is 0 Å². The van der Waals surface area contributed by atoms with Crippen LogP contribution >= 0.6 is 0 Å². The zero-order valence-electron chi connectivity index (χ0n) is 14.0. The van der Waals surface area contributed by atoms with Crippen molar-refractivity contribution in [1.82, 2.24) is 15.1 Å². The molecule has 1 aliphatic rings. The van der Waals surface area contributed by atoms with Crippen LogP contribution in [0.4, 0.5) is 5.69 Å². The van der Waals surface area contributed by atoms with Gasteiger partial charge in [0, 0.05) is 18.3 Å². The summed E-state index contributed by atoms with van der Waals surface area (Å²) in [6.45, 7) is 1.52. The number of rotatable bonds is 5. The van der Waals surface area contributed by atoms with Gasteiger partial charge in [-0.1, -0.05) is 24.3 Å². The van der Waals surface area contributed by atoms with Crippen LogP contribution in [0.3, 0.4) is 0 Å². The molecule has 1 aliphatic heterocycles. The molecule has 4 rings (SSSR count). The molecule has 126 valence electrons. The van der Waals surface area contributed by atoms with Crippen molar-refractivity contribution >= 4 is 12.0 Å². The second-order valence-corrected chi connectivity index (χ2v) is 5.90. The fraction of sp³-hybridized carbons (Fsp3) is 0.158. The highest BCUT2D eigenvalue weighted by molar-refractivity contribution is 5.67. The van der Waals surface area contributed by atoms with Crippen LogP contribution in [0.1, 0.15) is 5.56 Å². The summed E-state index contributed by atoms with van der Waals surface area (Å²) in [4.78, 5) is 2.17. The number of nitrogens with one attached hydrogen (secondary N) is 1. The molecule has 0 saturated carbocycles. The maximum atomic E-state index is 5.28. The van der Waals surface area contributed by atoms with Crippen LogP contribution in [-0.4, -0.2) is 35.2 Å². The van der Waals surface area contributed by atoms with Crippen LogP contribution in [0, 0.1) is 0 Å². The first kappa shape index (κ1) is 15.3. The van der Waals surface area contributed by atoms with Gasteiger partial charge in [0.15, 0.2) is 0 Å². The molecule has 0 unspecified atom stereocenters. The van der Waals surface area contributed by atoms with Gasteiger partial charge in [-0.05, 0) is 35.4 Å². The summed E-state index contributed by atoms with van der Waals surface area (Å²) in [7, 11) is 1.69. The Bertz CT molecular complexity index is 858. The van der Waals surface area contributed by atoms with E-state index in [9.17, 15) is 0 Å². The average molecular weight is 333 g/mol. The maximum Gasteiger partial charge on any atom is 0.119 e. The van der Waals surface area contributed by atoms with Crippen LogP contribution < -0.4 is 9.75 Å². The van der Waals surface area contributed by atoms with E-state index in [4.69, 9.17) is 4.74 Å². The number of ether oxygens (including phenoxy) is 1. The fourth-order valence-electron chi connectivity index (χ4n) is 2.86. The number of anilines is 1. The molecule has 1 N–H and O–H groups in total. The van der Waals surface area contributed by atoms with E-state index in [1.54, 1.807) is 7.11 Å². The molecule has 0 aliphatic carbocycles. The monoisotopic (exact) mass is 333 g/mol. The molecular formula is C19H19N5O. The van der Waals surface area contributed by atoms with E-state index in [-0.39, 0.29) is 0 Å². The Kier molecular flexibility index (Phi) is 4.08. The molecule has 6 nitrogen and oxygen atoms in total. The van der Waals surface area contributed by atoms with Gasteiger partial charge in [0.1, 0.15) is 18.8 Å². The first-order valence-electron chi connectivity index (χ1n) is 8.10. The molecule has 2 heterocycles. The van der Waals surface area contributed by atoms with E-state index in [2.05, 4.69) is 56.6 Å². The van der Waals surface area contributed by atoms with Crippen molar-refractivity contribution in [3.05, 3.63) is 66.5 Å². The van der Waals surface area contributed by atoms with Crippen LogP contribution in [0.5, 0.6) is 5.75 Å². The second kappa shape index (κ2) is 6.68. The lowest BCUT2D eigenvalue weighted by atomic mass is 10.1. The summed E-state index contributed by atoms with van der Waals surface area (Å²) in [5, 5.41) is 13.3. The molecule has 0 radical (unpaired) electrons. The highest BCUT2D eigenvalue weighted by Gasteiger charge is 2.16. The third-order valence-corrected chi connectivity index (χ3v) is 4.19. The number of H-pyrrole nitrogens is 1. The number of hydrogen-bond acceptors (Lipinski definition) is 5. The fourth-order valence-corrected chi connectivity index (χ4v) is 2.86. The Morgan fingerprint density at radius 2 is 2.00 bits per heavy atom. The van der Waals surface area contributed by atoms with Gasteiger partial charge in [0.05, 0.1) is 19.0 Å². The number of nitrogens with zero attached hydrogens (tertiary/aromatic N) is 4. The van der Waals surface area contributed by atoms with Crippen molar-refractivity contribution in [2.45, 2.75) is 6.54 Å². The van der Waals surface area contributed by atoms with Crippen LogP contribution in [0.2, 0.25) is 0 Å². The lowest BCUT2D eigenvalue weighted by Gasteiger charge is -2.19. The number of aromatic nitrogens is 2. The molecule has 2 aromatic carbocycles. The first-order chi connectivity index (χ1) is 12.3. The van der Waals surface area contributed by atoms with E-state index >= 15 is 0 Å². The van der Waals surface area contributed by atoms with Crippen molar-refractivity contribution < 1.29 is 4.74 Å². The molecule has 6 heteroatoms. The summed E-state index contributed by atoms with van der Waals surface area (Å²) in [6.07, 6.45) is 5.58. The molecule has 3 aromatic rings. The molecule has 0 fully saturated rings. The maximum absolute atomic E-state index is 5.28. The van der Waals surface area contributed by atoms with Crippen molar-refractivity contribution in [2.75, 3.05) is 18.8 Å². The van der Waals surface area contributed by atoms with Crippen LogP contribution in [0.25, 0.3) is 11.1 Å². The van der Waals surface area contributed by atoms with Crippen molar-refractivity contribution in [2.24, 2.45) is 5.10 Å². The third-order valence-electron chi connectivity index (χ3n) is 4.19. The summed E-state index contributed by atoms with van der Waals surface area (Å²) >= 11 is 0. The van der Waals surface area contributed by atoms with Crippen molar-refractivity contribution in [3.63, 3.8) is 0 Å². The van der Waals surface area contributed by atoms with Gasteiger partial charge < -0.3 is 9.64 Å². The molecule has 0 amide bonds. The van der Waals surface area contributed by atoms with Gasteiger partial charge in [-0.3, -0.25) is 5.10 Å². The van der Waals surface area contributed by atoms with Gasteiger partial charge >= 0.3 is 0 Å². The average Bonchev–Trinajstić information content (AvgIpc) is 3.34. The zero-order valence-corrected chi connectivity index (χ0v) is 14.0. The van der Waals surface area contributed by atoms with E-state index in [1.165, 1.54) is 5.56 Å². The molecule has 25 heavy (non-hydrogen) atoms. The van der Waals surface area contributed by atoms with E-state index in [1.807, 2.05) is 35.9 Å². The van der Waals surface area contributed by atoms with Gasteiger partial charge in [-0.2, -0.15) is 10.2 Å². The van der Waals surface area contributed by atoms with E-state index in [0.29, 0.717) is 0 Å². The largest absolute Gasteiger partial charge is 0.497 e. The Morgan fingerprint density at radius 1 is 1.12 bits per heavy atom. The minimum atomic E-state index is 0.724. The summed E-state index contributed by atoms with van der Waals surface area (Å²) in [5.74, 6) is 0.875. The Morgan fingerprint density at radius 3 is 2.76 bits per heavy atom. The number of aromatic amines is 1. The lowest BCUT2D eigenvalue weighted by molar-refractivity contribution is 0.411. The second-order valence-electron chi connectivity index (χ2n) is 5.90. The number of hydrazone groups is 1. The van der Waals surface area contributed by atoms with Gasteiger partial charge in [0.2, 0.25) is 0 Å². The van der Waals surface area contributed by atoms with Gasteiger partial charge in [-0.25, -0.2) is 5.01 Å². The molecule has 1 aromatic heterocycles. The topological polar surface area (TPSA) is 56.8 Å². The van der Waals surface area contributed by atoms with Crippen molar-refractivity contribution in [3.8, 4) is 16.9 Å². The summed E-state index contributed by atoms with van der Waals surface area (Å²) in [5.41, 5.74) is 4.48. The Hall–Kier alpha value is -3.28. The van der Waals surface area contributed by atoms with Crippen LogP contribution in [-0.2, 0) is 6.54 Å². The number of methoxy groups -OCH3 is 1. The third kappa shape index (κ3) is 3.33. The summed E-state index contributed by atoms with van der Waals surface area (Å²) < 4.78 is 5.28. The summed E-state index contributed by atoms with van der Waals surface area (Å²) in [6, 6.07) is 16.4. The molecular weight excluding hydrogens is 314 g/mol. The molecule has 0 atom stereocenters. The predicted octanol–water partition coefficient (Wildman–Crippen LogP) is 3.31. The number of hydrogen-bond donors (Lipinski definition) is 1. The first-order valence-corrected chi connectivity index (χ1v) is 8.10. The predicted molar refractivity (Wildman–Crippen MR) is 98.4 cm³/mol. The van der Waals surface area contributed by atoms with Gasteiger partial charge in [-0.15, -0.1) is 0 Å². The van der Waals surface area contributed by atoms with Gasteiger partial charge in [0.25, 0.3) is 0 Å². The quantitative estimate of drug-likeness (QED) is 0.778. The minimum Gasteiger partial charge on any atom is -0.497 e. The molecule has 0 bridgehead atoms. The highest BCUT2D eigenvalue weighted by atomic mass is 16.5. The Balaban J connectivity index is 1.41. The molecule has 0 saturated heterocycles. The SMILES string of the molecule is COc1cccc(CN2C=NN(c3ccc(-c4cn[nH]c4)cc3)C2)c1. The van der Waals surface area contributed by atoms with E-state index in [0.717, 1.165) is 35.8 Å². The number of benzene rings is 2. The smallest absolute Gasteiger partial charge is 0.119 e. The Labute approximate surface area is 146 Å². The lowest BCUT2D eigenvalue weighted by Crippen LogP contribution is -2.26. The standard InChI is InChI=1S/C19H19N5O/c1-25-19-4-2-3-15(9-19)12-23-13-22-24(14-23)18-7-5-16(6-8-18)17-10-20-21-11-17/h2-11,13H,12,14H2,1H3,(H,20,21). The minimum absolute atomic E-state index is 0.724. The van der Waals surface area contributed by atoms with Crippen LogP contribution in [0.15, 0.2) is 66.0 Å².